The lowest BCUT2D eigenvalue weighted by Gasteiger charge is -2.30. The third-order valence-corrected chi connectivity index (χ3v) is 8.23. The first-order valence-electron chi connectivity index (χ1n) is 12.7. The quantitative estimate of drug-likeness (QED) is 0.395. The van der Waals surface area contributed by atoms with Crippen LogP contribution in [0, 0.1) is 25.7 Å². The number of carbonyl (C=O) groups is 2. The van der Waals surface area contributed by atoms with E-state index in [0.717, 1.165) is 24.0 Å². The number of nitrogens with one attached hydrogen (secondary N) is 2. The Morgan fingerprint density at radius 1 is 1.08 bits per heavy atom. The Morgan fingerprint density at radius 2 is 1.74 bits per heavy atom. The van der Waals surface area contributed by atoms with Crippen molar-refractivity contribution in [2.45, 2.75) is 58.0 Å². The summed E-state index contributed by atoms with van der Waals surface area (Å²) in [6.45, 7) is 7.86. The molecule has 0 bridgehead atoms. The fraction of sp³-hybridized carbons (Fsp3) is 0.393. The van der Waals surface area contributed by atoms with E-state index in [-0.39, 0.29) is 34.4 Å². The molecule has 38 heavy (non-hydrogen) atoms. The molecular formula is C28H34N4O5S. The summed E-state index contributed by atoms with van der Waals surface area (Å²) in [5.74, 6) is 0.223. The number of benzene rings is 2. The van der Waals surface area contributed by atoms with E-state index < -0.39 is 16.1 Å². The molecule has 0 saturated heterocycles. The van der Waals surface area contributed by atoms with Gasteiger partial charge in [-0.05, 0) is 56.8 Å². The fourth-order valence-corrected chi connectivity index (χ4v) is 5.75. The highest BCUT2D eigenvalue weighted by molar-refractivity contribution is 7.92. The third-order valence-electron chi connectivity index (χ3n) is 6.83. The van der Waals surface area contributed by atoms with Crippen molar-refractivity contribution in [2.75, 3.05) is 11.8 Å². The molecule has 0 aliphatic heterocycles. The van der Waals surface area contributed by atoms with E-state index in [2.05, 4.69) is 15.2 Å². The van der Waals surface area contributed by atoms with Gasteiger partial charge in [0.2, 0.25) is 11.8 Å². The molecule has 2 aromatic carbocycles. The molecule has 2 N–H and O–H groups in total. The number of aryl methyl sites for hydroxylation is 1. The van der Waals surface area contributed by atoms with Crippen molar-refractivity contribution in [3.8, 4) is 11.1 Å². The van der Waals surface area contributed by atoms with E-state index in [4.69, 9.17) is 4.52 Å². The summed E-state index contributed by atoms with van der Waals surface area (Å²) in [5.41, 5.74) is 2.87. The first kappa shape index (κ1) is 27.5. The minimum atomic E-state index is -3.93. The monoisotopic (exact) mass is 538 g/mol. The molecule has 0 unspecified atom stereocenters. The van der Waals surface area contributed by atoms with Crippen molar-refractivity contribution in [3.63, 3.8) is 0 Å². The van der Waals surface area contributed by atoms with Gasteiger partial charge in [0, 0.05) is 23.6 Å². The molecule has 1 aromatic heterocycles. The van der Waals surface area contributed by atoms with Crippen molar-refractivity contribution in [3.05, 3.63) is 65.4 Å². The fourth-order valence-electron chi connectivity index (χ4n) is 4.47. The maximum atomic E-state index is 13.2. The second-order valence-corrected chi connectivity index (χ2v) is 11.9. The molecule has 1 aliphatic rings. The number of imide groups is 1. The van der Waals surface area contributed by atoms with Crippen LogP contribution < -0.4 is 10.0 Å². The lowest BCUT2D eigenvalue weighted by atomic mass is 10.00. The number of sulfonamides is 1. The number of likely N-dealkylation sites (N-methyl/N-ethyl adjacent to an activating group) is 1. The van der Waals surface area contributed by atoms with Gasteiger partial charge in [0.25, 0.3) is 10.0 Å². The molecule has 1 heterocycles. The Labute approximate surface area is 223 Å². The lowest BCUT2D eigenvalue weighted by Crippen LogP contribution is -2.49. The Bertz CT molecular complexity index is 1430. The van der Waals surface area contributed by atoms with Gasteiger partial charge in [0.15, 0.2) is 5.82 Å². The van der Waals surface area contributed by atoms with Crippen molar-refractivity contribution in [1.29, 1.82) is 0 Å². The first-order valence-corrected chi connectivity index (χ1v) is 14.1. The number of hydrogen-bond acceptors (Lipinski definition) is 7. The molecule has 0 radical (unpaired) electrons. The number of nitrogens with zero attached hydrogens (tertiary/aromatic N) is 2. The lowest BCUT2D eigenvalue weighted by molar-refractivity contribution is -0.135. The topological polar surface area (TPSA) is 122 Å². The predicted molar refractivity (Wildman–Crippen MR) is 145 cm³/mol. The van der Waals surface area contributed by atoms with Gasteiger partial charge in [0.1, 0.15) is 5.76 Å². The normalized spacial score (nSPS) is 14.5. The van der Waals surface area contributed by atoms with Crippen LogP contribution in [0.25, 0.3) is 11.1 Å². The molecule has 0 spiro atoms. The zero-order valence-electron chi connectivity index (χ0n) is 22.3. The Hall–Kier alpha value is -3.50. The summed E-state index contributed by atoms with van der Waals surface area (Å²) < 4.78 is 34.1. The second kappa shape index (κ2) is 11.1. The van der Waals surface area contributed by atoms with Crippen LogP contribution in [0.4, 0.5) is 5.82 Å². The van der Waals surface area contributed by atoms with E-state index in [1.807, 2.05) is 50.1 Å². The number of amides is 2. The number of anilines is 1. The van der Waals surface area contributed by atoms with E-state index in [0.29, 0.717) is 23.4 Å². The largest absolute Gasteiger partial charge is 0.359 e. The molecule has 1 aliphatic carbocycles. The van der Waals surface area contributed by atoms with Crippen LogP contribution in [0.2, 0.25) is 0 Å². The van der Waals surface area contributed by atoms with E-state index in [1.165, 1.54) is 0 Å². The zero-order chi connectivity index (χ0) is 27.6. The molecule has 2 amide bonds. The first-order chi connectivity index (χ1) is 18.0. The number of carbonyl (C=O) groups excluding carboxylic acids is 2. The standard InChI is InChI=1S/C28H34N4O5S/c1-17(2)25(28(34)29-27(33)22-14-15-22)32(5)16-20-10-12-21(13-11-20)23-8-6-7-9-24(23)38(35,36)31-26-18(3)19(4)37-30-26/h6-13,17,22,25H,14-16H2,1-5H3,(H,30,31)(H,29,33,34)/t25-/m0/s1. The van der Waals surface area contributed by atoms with Crippen LogP contribution >= 0.6 is 0 Å². The van der Waals surface area contributed by atoms with Crippen LogP contribution in [-0.2, 0) is 26.2 Å². The van der Waals surface area contributed by atoms with Crippen molar-refractivity contribution in [1.82, 2.24) is 15.4 Å². The summed E-state index contributed by atoms with van der Waals surface area (Å²) in [6.07, 6.45) is 1.68. The summed E-state index contributed by atoms with van der Waals surface area (Å²) in [6, 6.07) is 13.9. The molecule has 10 heteroatoms. The second-order valence-electron chi connectivity index (χ2n) is 10.2. The molecule has 4 rings (SSSR count). The van der Waals surface area contributed by atoms with Crippen LogP contribution in [0.5, 0.6) is 0 Å². The maximum Gasteiger partial charge on any atom is 0.263 e. The van der Waals surface area contributed by atoms with Gasteiger partial charge in [-0.2, -0.15) is 0 Å². The number of aromatic nitrogens is 1. The SMILES string of the molecule is Cc1onc(NS(=O)(=O)c2ccccc2-c2ccc(CN(C)[C@H](C(=O)NC(=O)C3CC3)C(C)C)cc2)c1C. The van der Waals surface area contributed by atoms with Crippen molar-refractivity contribution < 1.29 is 22.5 Å². The molecular weight excluding hydrogens is 504 g/mol. The average Bonchev–Trinajstić information content (AvgIpc) is 3.67. The van der Waals surface area contributed by atoms with Crippen molar-refractivity contribution >= 4 is 27.7 Å². The average molecular weight is 539 g/mol. The van der Waals surface area contributed by atoms with Gasteiger partial charge < -0.3 is 4.52 Å². The van der Waals surface area contributed by atoms with Gasteiger partial charge in [-0.3, -0.25) is 24.5 Å². The van der Waals surface area contributed by atoms with Crippen molar-refractivity contribution in [2.24, 2.45) is 11.8 Å². The smallest absolute Gasteiger partial charge is 0.263 e. The minimum Gasteiger partial charge on any atom is -0.359 e. The minimum absolute atomic E-state index is 0.00741. The van der Waals surface area contributed by atoms with Gasteiger partial charge in [-0.1, -0.05) is 61.5 Å². The molecule has 202 valence electrons. The predicted octanol–water partition coefficient (Wildman–Crippen LogP) is 4.27. The zero-order valence-corrected chi connectivity index (χ0v) is 23.1. The summed E-state index contributed by atoms with van der Waals surface area (Å²) in [5, 5.41) is 6.39. The highest BCUT2D eigenvalue weighted by Crippen LogP contribution is 2.31. The van der Waals surface area contributed by atoms with Gasteiger partial charge in [-0.15, -0.1) is 0 Å². The number of hydrogen-bond donors (Lipinski definition) is 2. The summed E-state index contributed by atoms with van der Waals surface area (Å²) in [4.78, 5) is 27.0. The van der Waals surface area contributed by atoms with Crippen LogP contribution in [0.1, 0.15) is 43.6 Å². The van der Waals surface area contributed by atoms with Gasteiger partial charge in [-0.25, -0.2) is 8.42 Å². The highest BCUT2D eigenvalue weighted by Gasteiger charge is 2.34. The molecule has 1 atom stereocenters. The maximum absolute atomic E-state index is 13.2. The summed E-state index contributed by atoms with van der Waals surface area (Å²) >= 11 is 0. The summed E-state index contributed by atoms with van der Waals surface area (Å²) in [7, 11) is -2.06. The van der Waals surface area contributed by atoms with E-state index in [1.54, 1.807) is 38.1 Å². The van der Waals surface area contributed by atoms with E-state index >= 15 is 0 Å². The van der Waals surface area contributed by atoms with Crippen LogP contribution in [0.3, 0.4) is 0 Å². The Kier molecular flexibility index (Phi) is 8.03. The van der Waals surface area contributed by atoms with Crippen LogP contribution in [0.15, 0.2) is 57.9 Å². The highest BCUT2D eigenvalue weighted by atomic mass is 32.2. The molecule has 1 fully saturated rings. The number of rotatable bonds is 10. The van der Waals surface area contributed by atoms with E-state index in [9.17, 15) is 18.0 Å². The van der Waals surface area contributed by atoms with Gasteiger partial charge >= 0.3 is 0 Å². The molecule has 1 saturated carbocycles. The molecule has 9 nitrogen and oxygen atoms in total. The van der Waals surface area contributed by atoms with Crippen LogP contribution in [-0.4, -0.2) is 43.4 Å². The Morgan fingerprint density at radius 3 is 2.32 bits per heavy atom. The third kappa shape index (κ3) is 6.14. The van der Waals surface area contributed by atoms with Gasteiger partial charge in [0.05, 0.1) is 10.9 Å². The molecule has 3 aromatic rings. The Balaban J connectivity index is 1.51.